The van der Waals surface area contributed by atoms with Crippen LogP contribution < -0.4 is 5.32 Å². The minimum Gasteiger partial charge on any atom is -0.468 e. The van der Waals surface area contributed by atoms with Crippen molar-refractivity contribution in [2.75, 3.05) is 7.11 Å². The van der Waals surface area contributed by atoms with Crippen molar-refractivity contribution in [2.24, 2.45) is 11.8 Å². The van der Waals surface area contributed by atoms with Crippen LogP contribution in [-0.2, 0) is 23.9 Å². The molecule has 0 saturated heterocycles. The average Bonchev–Trinajstić information content (AvgIpc) is 2.65. The lowest BCUT2D eigenvalue weighted by Crippen LogP contribution is -2.43. The standard InChI is InChI=1S/C23H26ClNO5/c1-11(2)30-23(28)18-13(4)25-16-9-12(3)17(22(27)29-5)21(26)20(16)19(18)14-7-6-8-15(24)10-14/h6-8,10-12,17,19,25H,9H2,1-5H3/t12-,17-,19-/m0/s1. The van der Waals surface area contributed by atoms with E-state index in [9.17, 15) is 14.4 Å². The molecule has 1 heterocycles. The van der Waals surface area contributed by atoms with E-state index in [1.54, 1.807) is 39.0 Å². The first-order valence-electron chi connectivity index (χ1n) is 9.95. The summed E-state index contributed by atoms with van der Waals surface area (Å²) in [5, 5.41) is 3.72. The Morgan fingerprint density at radius 1 is 1.27 bits per heavy atom. The molecule has 0 spiro atoms. The second kappa shape index (κ2) is 8.64. The number of carbonyl (C=O) groups is 3. The van der Waals surface area contributed by atoms with Crippen LogP contribution >= 0.6 is 11.6 Å². The van der Waals surface area contributed by atoms with Crippen molar-refractivity contribution in [3.8, 4) is 0 Å². The summed E-state index contributed by atoms with van der Waals surface area (Å²) in [4.78, 5) is 38.9. The minimum atomic E-state index is -0.919. The Kier molecular flexibility index (Phi) is 6.36. The highest BCUT2D eigenvalue weighted by Crippen LogP contribution is 2.45. The number of esters is 2. The van der Waals surface area contributed by atoms with Gasteiger partial charge in [-0.15, -0.1) is 0 Å². The number of benzene rings is 1. The van der Waals surface area contributed by atoms with Crippen molar-refractivity contribution in [3.63, 3.8) is 0 Å². The highest BCUT2D eigenvalue weighted by atomic mass is 35.5. The Labute approximate surface area is 181 Å². The van der Waals surface area contributed by atoms with Crippen LogP contribution in [0.1, 0.15) is 45.6 Å². The quantitative estimate of drug-likeness (QED) is 0.575. The molecular weight excluding hydrogens is 406 g/mol. The summed E-state index contributed by atoms with van der Waals surface area (Å²) in [5.74, 6) is -3.24. The van der Waals surface area contributed by atoms with Gasteiger partial charge >= 0.3 is 11.9 Å². The Balaban J connectivity index is 2.19. The number of nitrogens with one attached hydrogen (secondary N) is 1. The number of methoxy groups -OCH3 is 1. The van der Waals surface area contributed by atoms with Gasteiger partial charge in [-0.25, -0.2) is 4.79 Å². The Bertz CT molecular complexity index is 962. The van der Waals surface area contributed by atoms with Crippen LogP contribution in [0.25, 0.3) is 0 Å². The lowest BCUT2D eigenvalue weighted by atomic mass is 9.69. The SMILES string of the molecule is COC(=O)[C@@H]1C(=O)C2=C(C[C@@H]1C)NC(C)=C(C(=O)OC(C)C)[C@@H]2c1cccc(Cl)c1. The number of carbonyl (C=O) groups excluding carboxylic acids is 3. The summed E-state index contributed by atoms with van der Waals surface area (Å²) >= 11 is 6.23. The smallest absolute Gasteiger partial charge is 0.337 e. The predicted octanol–water partition coefficient (Wildman–Crippen LogP) is 3.90. The number of ketones is 1. The molecule has 1 aliphatic carbocycles. The highest BCUT2D eigenvalue weighted by Gasteiger charge is 2.47. The van der Waals surface area contributed by atoms with E-state index in [0.29, 0.717) is 33.9 Å². The third-order valence-corrected chi connectivity index (χ3v) is 5.72. The Morgan fingerprint density at radius 3 is 2.57 bits per heavy atom. The van der Waals surface area contributed by atoms with E-state index in [2.05, 4.69) is 5.32 Å². The maximum atomic E-state index is 13.5. The van der Waals surface area contributed by atoms with Gasteiger partial charge in [-0.1, -0.05) is 30.7 Å². The van der Waals surface area contributed by atoms with E-state index < -0.39 is 23.8 Å². The van der Waals surface area contributed by atoms with E-state index >= 15 is 0 Å². The summed E-state index contributed by atoms with van der Waals surface area (Å²) < 4.78 is 10.4. The van der Waals surface area contributed by atoms with E-state index in [1.165, 1.54) is 7.11 Å². The fourth-order valence-electron chi connectivity index (χ4n) is 4.25. The van der Waals surface area contributed by atoms with Gasteiger partial charge in [0, 0.05) is 27.9 Å². The summed E-state index contributed by atoms with van der Waals surface area (Å²) in [7, 11) is 1.27. The fraction of sp³-hybridized carbons (Fsp3) is 0.435. The Hall–Kier alpha value is -2.60. The van der Waals surface area contributed by atoms with Crippen LogP contribution in [-0.4, -0.2) is 30.9 Å². The highest BCUT2D eigenvalue weighted by molar-refractivity contribution is 6.30. The number of allylic oxidation sites excluding steroid dienone is 3. The molecule has 0 saturated carbocycles. The lowest BCUT2D eigenvalue weighted by Gasteiger charge is -2.38. The van der Waals surface area contributed by atoms with Crippen molar-refractivity contribution in [3.05, 3.63) is 57.4 Å². The first kappa shape index (κ1) is 22.1. The molecule has 0 bridgehead atoms. The van der Waals surface area contributed by atoms with Gasteiger partial charge in [0.15, 0.2) is 5.78 Å². The van der Waals surface area contributed by atoms with Gasteiger partial charge in [0.2, 0.25) is 0 Å². The zero-order chi connectivity index (χ0) is 22.2. The molecule has 30 heavy (non-hydrogen) atoms. The van der Waals surface area contributed by atoms with Gasteiger partial charge in [-0.2, -0.15) is 0 Å². The fourth-order valence-corrected chi connectivity index (χ4v) is 4.45. The summed E-state index contributed by atoms with van der Waals surface area (Å²) in [5.41, 5.74) is 2.78. The average molecular weight is 432 g/mol. The molecule has 6 nitrogen and oxygen atoms in total. The molecule has 3 atom stereocenters. The molecule has 0 fully saturated rings. The number of Topliss-reactive ketones (excluding diaryl/α,β-unsaturated/α-hetero) is 1. The van der Waals surface area contributed by atoms with Gasteiger partial charge in [0.25, 0.3) is 0 Å². The first-order chi connectivity index (χ1) is 14.1. The number of hydrogen-bond donors (Lipinski definition) is 1. The van der Waals surface area contributed by atoms with Crippen molar-refractivity contribution in [1.29, 1.82) is 0 Å². The molecule has 1 aliphatic heterocycles. The van der Waals surface area contributed by atoms with Crippen molar-refractivity contribution >= 4 is 29.3 Å². The summed E-state index contributed by atoms with van der Waals surface area (Å²) in [6.07, 6.45) is 0.167. The molecule has 2 aliphatic rings. The zero-order valence-electron chi connectivity index (χ0n) is 17.7. The second-order valence-corrected chi connectivity index (χ2v) is 8.48. The number of hydrogen-bond acceptors (Lipinski definition) is 6. The molecule has 160 valence electrons. The zero-order valence-corrected chi connectivity index (χ0v) is 18.5. The number of ether oxygens (including phenoxy) is 2. The maximum absolute atomic E-state index is 13.5. The molecule has 1 N–H and O–H groups in total. The topological polar surface area (TPSA) is 81.7 Å². The van der Waals surface area contributed by atoms with Crippen molar-refractivity contribution < 1.29 is 23.9 Å². The van der Waals surface area contributed by atoms with Gasteiger partial charge in [0.05, 0.1) is 18.8 Å². The van der Waals surface area contributed by atoms with Crippen molar-refractivity contribution in [2.45, 2.75) is 46.1 Å². The first-order valence-corrected chi connectivity index (χ1v) is 10.3. The van der Waals surface area contributed by atoms with Crippen molar-refractivity contribution in [1.82, 2.24) is 5.32 Å². The summed E-state index contributed by atoms with van der Waals surface area (Å²) in [6.45, 7) is 7.18. The molecular formula is C23H26ClNO5. The molecule has 0 unspecified atom stereocenters. The van der Waals surface area contributed by atoms with Crippen LogP contribution in [0.3, 0.4) is 0 Å². The molecule has 0 amide bonds. The van der Waals surface area contributed by atoms with Crippen LogP contribution in [0.15, 0.2) is 46.8 Å². The van der Waals surface area contributed by atoms with E-state index in [4.69, 9.17) is 21.1 Å². The largest absolute Gasteiger partial charge is 0.468 e. The Morgan fingerprint density at radius 2 is 1.97 bits per heavy atom. The van der Waals surface area contributed by atoms with Crippen LogP contribution in [0.2, 0.25) is 5.02 Å². The molecule has 7 heteroatoms. The molecule has 0 radical (unpaired) electrons. The van der Waals surface area contributed by atoms with E-state index in [0.717, 1.165) is 5.70 Å². The number of halogens is 1. The molecule has 0 aromatic heterocycles. The minimum absolute atomic E-state index is 0.229. The molecule has 3 rings (SSSR count). The van der Waals surface area contributed by atoms with E-state index in [-0.39, 0.29) is 17.8 Å². The molecule has 1 aromatic carbocycles. The normalized spacial score (nSPS) is 23.8. The predicted molar refractivity (Wildman–Crippen MR) is 113 cm³/mol. The van der Waals surface area contributed by atoms with E-state index in [1.807, 2.05) is 13.0 Å². The van der Waals surface area contributed by atoms with Crippen LogP contribution in [0.5, 0.6) is 0 Å². The van der Waals surface area contributed by atoms with Gasteiger partial charge < -0.3 is 14.8 Å². The van der Waals surface area contributed by atoms with Gasteiger partial charge in [0.1, 0.15) is 5.92 Å². The third-order valence-electron chi connectivity index (χ3n) is 5.49. The summed E-state index contributed by atoms with van der Waals surface area (Å²) in [6, 6.07) is 7.05. The van der Waals surface area contributed by atoms with Crippen LogP contribution in [0.4, 0.5) is 0 Å². The number of dihydropyridines is 1. The number of rotatable bonds is 4. The van der Waals surface area contributed by atoms with Crippen LogP contribution in [0, 0.1) is 11.8 Å². The maximum Gasteiger partial charge on any atom is 0.337 e. The third kappa shape index (κ3) is 4.01. The second-order valence-electron chi connectivity index (χ2n) is 8.04. The monoisotopic (exact) mass is 431 g/mol. The molecule has 1 aromatic rings. The lowest BCUT2D eigenvalue weighted by molar-refractivity contribution is -0.151. The van der Waals surface area contributed by atoms with Gasteiger partial charge in [-0.05, 0) is 50.8 Å². The van der Waals surface area contributed by atoms with Gasteiger partial charge in [-0.3, -0.25) is 9.59 Å².